The first kappa shape index (κ1) is 31.1. The van der Waals surface area contributed by atoms with Gasteiger partial charge in [-0.05, 0) is 43.5 Å². The lowest BCUT2D eigenvalue weighted by atomic mass is 10.1. The maximum absolute atomic E-state index is 14.3. The monoisotopic (exact) mass is 559 g/mol. The summed E-state index contributed by atoms with van der Waals surface area (Å²) < 4.78 is 79.3. The second kappa shape index (κ2) is 13.1. The highest BCUT2D eigenvalue weighted by molar-refractivity contribution is 7.92. The molecule has 1 atom stereocenters. The van der Waals surface area contributed by atoms with Crippen LogP contribution in [-0.2, 0) is 32.3 Å². The molecular formula is C26H33F4N3O4S. The number of hydrogen-bond acceptors (Lipinski definition) is 4. The number of sulfonamides is 1. The van der Waals surface area contributed by atoms with Gasteiger partial charge in [0.25, 0.3) is 0 Å². The van der Waals surface area contributed by atoms with Gasteiger partial charge in [0.1, 0.15) is 11.9 Å². The molecule has 0 heterocycles. The summed E-state index contributed by atoms with van der Waals surface area (Å²) in [5.41, 5.74) is -0.984. The van der Waals surface area contributed by atoms with Crippen molar-refractivity contribution in [3.8, 4) is 0 Å². The molecule has 0 spiro atoms. The maximum Gasteiger partial charge on any atom is 0.416 e. The Labute approximate surface area is 220 Å². The zero-order valence-electron chi connectivity index (χ0n) is 21.8. The van der Waals surface area contributed by atoms with Gasteiger partial charge in [0.2, 0.25) is 21.8 Å². The van der Waals surface area contributed by atoms with Crippen LogP contribution >= 0.6 is 0 Å². The number of halogens is 4. The number of carbonyl (C=O) groups is 2. The Morgan fingerprint density at radius 1 is 1.03 bits per heavy atom. The van der Waals surface area contributed by atoms with Crippen LogP contribution in [0.1, 0.15) is 44.7 Å². The number of rotatable bonds is 12. The van der Waals surface area contributed by atoms with Crippen molar-refractivity contribution in [3.63, 3.8) is 0 Å². The first-order valence-corrected chi connectivity index (χ1v) is 13.9. The molecule has 0 saturated heterocycles. The van der Waals surface area contributed by atoms with Crippen LogP contribution < -0.4 is 9.62 Å². The van der Waals surface area contributed by atoms with Gasteiger partial charge in [0, 0.05) is 31.6 Å². The lowest BCUT2D eigenvalue weighted by Crippen LogP contribution is -2.48. The topological polar surface area (TPSA) is 86.8 Å². The minimum absolute atomic E-state index is 0.0454. The minimum atomic E-state index is -4.66. The Morgan fingerprint density at radius 3 is 2.26 bits per heavy atom. The van der Waals surface area contributed by atoms with Crippen LogP contribution in [0.3, 0.4) is 0 Å². The van der Waals surface area contributed by atoms with E-state index in [1.807, 2.05) is 13.8 Å². The van der Waals surface area contributed by atoms with Crippen molar-refractivity contribution in [1.82, 2.24) is 10.2 Å². The van der Waals surface area contributed by atoms with E-state index in [1.54, 1.807) is 6.07 Å². The first-order valence-electron chi connectivity index (χ1n) is 12.1. The summed E-state index contributed by atoms with van der Waals surface area (Å²) in [4.78, 5) is 27.1. The molecule has 1 unspecified atom stereocenters. The largest absolute Gasteiger partial charge is 0.416 e. The number of nitrogens with zero attached hydrogens (tertiary/aromatic N) is 2. The molecule has 0 aliphatic heterocycles. The van der Waals surface area contributed by atoms with E-state index < -0.39 is 45.4 Å². The van der Waals surface area contributed by atoms with Crippen molar-refractivity contribution in [1.29, 1.82) is 0 Å². The summed E-state index contributed by atoms with van der Waals surface area (Å²) in [6, 6.07) is 8.79. The van der Waals surface area contributed by atoms with Gasteiger partial charge in [-0.3, -0.25) is 13.9 Å². The van der Waals surface area contributed by atoms with E-state index in [9.17, 15) is 35.6 Å². The second-order valence-corrected chi connectivity index (χ2v) is 11.3. The number of amides is 2. The third-order valence-corrected chi connectivity index (χ3v) is 6.96. The molecule has 2 aromatic carbocycles. The lowest BCUT2D eigenvalue weighted by molar-refractivity contribution is -0.140. The third-order valence-electron chi connectivity index (χ3n) is 5.76. The van der Waals surface area contributed by atoms with Crippen molar-refractivity contribution in [2.45, 2.75) is 52.4 Å². The third kappa shape index (κ3) is 9.00. The van der Waals surface area contributed by atoms with E-state index in [0.29, 0.717) is 6.54 Å². The number of anilines is 1. The Kier molecular flexibility index (Phi) is 10.7. The minimum Gasteiger partial charge on any atom is -0.354 e. The summed E-state index contributed by atoms with van der Waals surface area (Å²) in [6.45, 7) is 5.25. The van der Waals surface area contributed by atoms with Crippen LogP contribution in [0.4, 0.5) is 23.2 Å². The molecule has 0 fully saturated rings. The number of nitrogens with one attached hydrogen (secondary N) is 1. The van der Waals surface area contributed by atoms with Gasteiger partial charge >= 0.3 is 6.18 Å². The van der Waals surface area contributed by atoms with E-state index in [4.69, 9.17) is 0 Å². The summed E-state index contributed by atoms with van der Waals surface area (Å²) >= 11 is 0. The van der Waals surface area contributed by atoms with Crippen LogP contribution in [0.15, 0.2) is 48.5 Å². The molecular weight excluding hydrogens is 526 g/mol. The Morgan fingerprint density at radius 2 is 1.68 bits per heavy atom. The molecule has 0 aliphatic rings. The molecule has 0 aliphatic carbocycles. The molecule has 0 saturated carbocycles. The molecule has 210 valence electrons. The van der Waals surface area contributed by atoms with Crippen LogP contribution in [0.25, 0.3) is 0 Å². The predicted octanol–water partition coefficient (Wildman–Crippen LogP) is 4.58. The van der Waals surface area contributed by atoms with Crippen molar-refractivity contribution in [2.75, 3.05) is 23.7 Å². The van der Waals surface area contributed by atoms with E-state index in [2.05, 4.69) is 5.32 Å². The van der Waals surface area contributed by atoms with Gasteiger partial charge in [0.15, 0.2) is 0 Å². The van der Waals surface area contributed by atoms with Gasteiger partial charge < -0.3 is 10.2 Å². The Hall–Kier alpha value is -3.15. The number of hydrogen-bond donors (Lipinski definition) is 1. The van der Waals surface area contributed by atoms with Gasteiger partial charge in [-0.25, -0.2) is 12.8 Å². The summed E-state index contributed by atoms with van der Waals surface area (Å²) in [5.74, 6) is -1.34. The van der Waals surface area contributed by atoms with Crippen LogP contribution in [-0.4, -0.2) is 50.5 Å². The summed E-state index contributed by atoms with van der Waals surface area (Å²) in [7, 11) is -3.97. The smallest absolute Gasteiger partial charge is 0.354 e. The molecule has 0 bridgehead atoms. The highest BCUT2D eigenvalue weighted by Gasteiger charge is 2.32. The molecule has 1 N–H and O–H groups in total. The van der Waals surface area contributed by atoms with Crippen molar-refractivity contribution in [2.24, 2.45) is 5.92 Å². The van der Waals surface area contributed by atoms with Crippen LogP contribution in [0.5, 0.6) is 0 Å². The highest BCUT2D eigenvalue weighted by Crippen LogP contribution is 2.32. The van der Waals surface area contributed by atoms with E-state index in [1.165, 1.54) is 36.1 Å². The second-order valence-electron chi connectivity index (χ2n) is 9.41. The van der Waals surface area contributed by atoms with E-state index in [0.717, 1.165) is 28.8 Å². The number of carbonyl (C=O) groups excluding carboxylic acids is 2. The number of benzene rings is 2. The van der Waals surface area contributed by atoms with E-state index >= 15 is 0 Å². The van der Waals surface area contributed by atoms with Gasteiger partial charge in [-0.1, -0.05) is 38.1 Å². The maximum atomic E-state index is 14.3. The SMILES string of the molecule is CC(C)CNC(=O)C(C)N(Cc1ccccc1F)C(=O)CCCN(c1cccc(C(F)(F)F)c1)S(C)(=O)=O. The lowest BCUT2D eigenvalue weighted by Gasteiger charge is -2.30. The molecule has 2 amide bonds. The number of alkyl halides is 3. The normalized spacial score (nSPS) is 12.8. The average molecular weight is 560 g/mol. The zero-order valence-corrected chi connectivity index (χ0v) is 22.6. The highest BCUT2D eigenvalue weighted by atomic mass is 32.2. The van der Waals surface area contributed by atoms with Crippen molar-refractivity contribution >= 4 is 27.5 Å². The van der Waals surface area contributed by atoms with Crippen LogP contribution in [0.2, 0.25) is 0 Å². The Balaban J connectivity index is 2.22. The first-order chi connectivity index (χ1) is 17.6. The van der Waals surface area contributed by atoms with Gasteiger partial charge in [0.05, 0.1) is 17.5 Å². The van der Waals surface area contributed by atoms with Gasteiger partial charge in [-0.2, -0.15) is 13.2 Å². The van der Waals surface area contributed by atoms with Crippen molar-refractivity contribution in [3.05, 3.63) is 65.5 Å². The fraction of sp³-hybridized carbons (Fsp3) is 0.462. The molecule has 2 rings (SSSR count). The van der Waals surface area contributed by atoms with E-state index in [-0.39, 0.29) is 43.1 Å². The molecule has 2 aromatic rings. The quantitative estimate of drug-likeness (QED) is 0.386. The standard InChI is InChI=1S/C26H33F4N3O4S/c1-18(2)16-31-25(35)19(3)32(17-20-9-5-6-12-23(20)27)24(34)13-8-14-33(38(4,36)37)22-11-7-10-21(15-22)26(28,29)30/h5-7,9-12,15,18-19H,8,13-14,16-17H2,1-4H3,(H,31,35). The van der Waals surface area contributed by atoms with Gasteiger partial charge in [-0.15, -0.1) is 0 Å². The summed E-state index contributed by atoms with van der Waals surface area (Å²) in [5, 5.41) is 2.74. The zero-order chi connectivity index (χ0) is 28.7. The van der Waals surface area contributed by atoms with Crippen LogP contribution in [0, 0.1) is 11.7 Å². The molecule has 0 radical (unpaired) electrons. The average Bonchev–Trinajstić information content (AvgIpc) is 2.82. The fourth-order valence-corrected chi connectivity index (χ4v) is 4.64. The van der Waals surface area contributed by atoms with Crippen molar-refractivity contribution < 1.29 is 35.6 Å². The molecule has 38 heavy (non-hydrogen) atoms. The summed E-state index contributed by atoms with van der Waals surface area (Å²) in [6.07, 6.45) is -4.06. The molecule has 12 heteroatoms. The molecule has 0 aromatic heterocycles. The Bertz CT molecular complexity index is 1220. The predicted molar refractivity (Wildman–Crippen MR) is 137 cm³/mol. The fourth-order valence-electron chi connectivity index (χ4n) is 3.69. The molecule has 7 nitrogen and oxygen atoms in total.